The second-order valence-corrected chi connectivity index (χ2v) is 10.7. The van der Waals surface area contributed by atoms with E-state index in [0.29, 0.717) is 0 Å². The van der Waals surface area contributed by atoms with Crippen LogP contribution in [0, 0.1) is 5.41 Å². The molecule has 2 heteroatoms. The van der Waals surface area contributed by atoms with Gasteiger partial charge in [0.2, 0.25) is 0 Å². The molecule has 1 aliphatic rings. The zero-order valence-corrected chi connectivity index (χ0v) is 20.1. The molecule has 1 atom stereocenters. The molecule has 2 nitrogen and oxygen atoms in total. The number of hydrogen-bond acceptors (Lipinski definition) is 2. The van der Waals surface area contributed by atoms with Crippen molar-refractivity contribution in [3.63, 3.8) is 0 Å². The van der Waals surface area contributed by atoms with Crippen molar-refractivity contribution in [3.8, 4) is 5.75 Å². The van der Waals surface area contributed by atoms with Crippen molar-refractivity contribution in [2.75, 3.05) is 0 Å². The van der Waals surface area contributed by atoms with Gasteiger partial charge in [-0.15, -0.1) is 0 Å². The van der Waals surface area contributed by atoms with E-state index in [1.54, 1.807) is 6.26 Å². The highest BCUT2D eigenvalue weighted by atomic mass is 16.5. The maximum absolute atomic E-state index is 6.34. The molecule has 0 aliphatic carbocycles. The smallest absolute Gasteiger partial charge is 0.149 e. The van der Waals surface area contributed by atoms with Crippen LogP contribution >= 0.6 is 0 Å². The standard InChI is InChI=1S/C29H36O2/c1-21(27(2,3)4)31-26-20-30-25-19-23(28(5,6)7)16-17-24(25)29(26,8)18-12-15-22-13-10-9-11-14-22/h9-17,19-20H,1,18H2,2-8H3/b15-12+/t29-/m0/s1. The molecule has 0 aromatic heterocycles. The van der Waals surface area contributed by atoms with Gasteiger partial charge in [-0.25, -0.2) is 0 Å². The summed E-state index contributed by atoms with van der Waals surface area (Å²) in [4.78, 5) is 0. The summed E-state index contributed by atoms with van der Waals surface area (Å²) in [5.74, 6) is 2.42. The summed E-state index contributed by atoms with van der Waals surface area (Å²) >= 11 is 0. The molecule has 3 rings (SSSR count). The van der Waals surface area contributed by atoms with E-state index in [9.17, 15) is 0 Å². The van der Waals surface area contributed by atoms with Crippen molar-refractivity contribution < 1.29 is 9.47 Å². The third-order valence-corrected chi connectivity index (χ3v) is 5.98. The van der Waals surface area contributed by atoms with E-state index < -0.39 is 0 Å². The molecule has 0 unspecified atom stereocenters. The molecular weight excluding hydrogens is 380 g/mol. The van der Waals surface area contributed by atoms with Crippen LogP contribution in [0.25, 0.3) is 6.08 Å². The Morgan fingerprint density at radius 1 is 1.03 bits per heavy atom. The molecule has 31 heavy (non-hydrogen) atoms. The first-order valence-electron chi connectivity index (χ1n) is 11.0. The van der Waals surface area contributed by atoms with Gasteiger partial charge in [0.1, 0.15) is 23.5 Å². The summed E-state index contributed by atoms with van der Waals surface area (Å²) in [5, 5.41) is 0. The van der Waals surface area contributed by atoms with Gasteiger partial charge in [-0.2, -0.15) is 0 Å². The van der Waals surface area contributed by atoms with Gasteiger partial charge in [-0.1, -0.05) is 103 Å². The Labute approximate surface area is 188 Å². The van der Waals surface area contributed by atoms with E-state index >= 15 is 0 Å². The first-order chi connectivity index (χ1) is 14.4. The Bertz CT molecular complexity index is 997. The van der Waals surface area contributed by atoms with Gasteiger partial charge < -0.3 is 9.47 Å². The first-order valence-corrected chi connectivity index (χ1v) is 11.0. The molecule has 0 fully saturated rings. The molecule has 0 radical (unpaired) electrons. The zero-order valence-electron chi connectivity index (χ0n) is 20.1. The number of benzene rings is 2. The topological polar surface area (TPSA) is 18.5 Å². The monoisotopic (exact) mass is 416 g/mol. The Balaban J connectivity index is 1.99. The predicted molar refractivity (Wildman–Crippen MR) is 131 cm³/mol. The number of rotatable bonds is 5. The van der Waals surface area contributed by atoms with Crippen molar-refractivity contribution in [3.05, 3.63) is 95.7 Å². The second kappa shape index (κ2) is 8.42. The molecule has 0 saturated carbocycles. The minimum Gasteiger partial charge on any atom is -0.462 e. The SMILES string of the molecule is C=C(OC1=COc2cc(C(C)(C)C)ccc2[C@]1(C)C/C=C/c1ccccc1)C(C)(C)C. The highest BCUT2D eigenvalue weighted by Gasteiger charge is 2.39. The quantitative estimate of drug-likeness (QED) is 0.458. The molecule has 0 spiro atoms. The number of allylic oxidation sites excluding steroid dienone is 3. The Kier molecular flexibility index (Phi) is 6.23. The molecule has 1 heterocycles. The highest BCUT2D eigenvalue weighted by molar-refractivity contribution is 5.53. The van der Waals surface area contributed by atoms with Crippen LogP contribution in [0.15, 0.2) is 79.0 Å². The summed E-state index contributed by atoms with van der Waals surface area (Å²) in [7, 11) is 0. The van der Waals surface area contributed by atoms with Gasteiger partial charge in [-0.05, 0) is 36.0 Å². The van der Waals surface area contributed by atoms with Crippen LogP contribution in [0.2, 0.25) is 0 Å². The molecule has 0 bridgehead atoms. The van der Waals surface area contributed by atoms with Crippen molar-refractivity contribution in [1.82, 2.24) is 0 Å². The van der Waals surface area contributed by atoms with E-state index in [1.165, 1.54) is 11.1 Å². The lowest BCUT2D eigenvalue weighted by Crippen LogP contribution is -2.31. The van der Waals surface area contributed by atoms with E-state index in [0.717, 1.165) is 29.3 Å². The maximum Gasteiger partial charge on any atom is 0.149 e. The summed E-state index contributed by atoms with van der Waals surface area (Å²) in [6.45, 7) is 19.4. The van der Waals surface area contributed by atoms with Gasteiger partial charge in [0.15, 0.2) is 0 Å². The minimum atomic E-state index is -0.358. The molecule has 2 aromatic rings. The van der Waals surface area contributed by atoms with Crippen molar-refractivity contribution in [2.45, 2.75) is 65.7 Å². The van der Waals surface area contributed by atoms with Crippen LogP contribution in [0.1, 0.15) is 71.6 Å². The third-order valence-electron chi connectivity index (χ3n) is 5.98. The van der Waals surface area contributed by atoms with Gasteiger partial charge in [0.05, 0.1) is 5.41 Å². The zero-order chi connectivity index (χ0) is 22.9. The van der Waals surface area contributed by atoms with Gasteiger partial charge >= 0.3 is 0 Å². The third kappa shape index (κ3) is 5.12. The molecular formula is C29H36O2. The Morgan fingerprint density at radius 3 is 2.32 bits per heavy atom. The van der Waals surface area contributed by atoms with Crippen LogP contribution < -0.4 is 4.74 Å². The molecule has 2 aromatic carbocycles. The van der Waals surface area contributed by atoms with Crippen LogP contribution in [0.4, 0.5) is 0 Å². The summed E-state index contributed by atoms with van der Waals surface area (Å²) in [6, 6.07) is 16.9. The fourth-order valence-corrected chi connectivity index (χ4v) is 3.55. The average Bonchev–Trinajstić information content (AvgIpc) is 2.69. The van der Waals surface area contributed by atoms with E-state index in [1.807, 2.05) is 6.07 Å². The summed E-state index contributed by atoms with van der Waals surface area (Å²) in [5.41, 5.74) is 3.12. The summed E-state index contributed by atoms with van der Waals surface area (Å²) in [6.07, 6.45) is 6.94. The molecule has 1 aliphatic heterocycles. The fourth-order valence-electron chi connectivity index (χ4n) is 3.55. The van der Waals surface area contributed by atoms with Gasteiger partial charge in [-0.3, -0.25) is 0 Å². The van der Waals surface area contributed by atoms with E-state index in [-0.39, 0.29) is 16.2 Å². The number of ether oxygens (including phenoxy) is 2. The van der Waals surface area contributed by atoms with Crippen molar-refractivity contribution >= 4 is 6.08 Å². The maximum atomic E-state index is 6.34. The fraction of sp³-hybridized carbons (Fsp3) is 0.379. The van der Waals surface area contributed by atoms with Gasteiger partial charge in [0, 0.05) is 11.0 Å². The molecule has 0 N–H and O–H groups in total. The molecule has 0 amide bonds. The predicted octanol–water partition coefficient (Wildman–Crippen LogP) is 8.16. The minimum absolute atomic E-state index is 0.0585. The Morgan fingerprint density at radius 2 is 1.71 bits per heavy atom. The lowest BCUT2D eigenvalue weighted by atomic mass is 9.74. The van der Waals surface area contributed by atoms with Crippen LogP contribution in [0.5, 0.6) is 5.75 Å². The number of hydrogen-bond donors (Lipinski definition) is 0. The molecule has 0 saturated heterocycles. The summed E-state index contributed by atoms with van der Waals surface area (Å²) < 4.78 is 12.4. The normalized spacial score (nSPS) is 18.9. The van der Waals surface area contributed by atoms with Crippen LogP contribution in [0.3, 0.4) is 0 Å². The number of fused-ring (bicyclic) bond motifs is 1. The second-order valence-electron chi connectivity index (χ2n) is 10.7. The highest BCUT2D eigenvalue weighted by Crippen LogP contribution is 2.47. The average molecular weight is 417 g/mol. The lowest BCUT2D eigenvalue weighted by molar-refractivity contribution is 0.163. The van der Waals surface area contributed by atoms with E-state index in [2.05, 4.69) is 110 Å². The van der Waals surface area contributed by atoms with Gasteiger partial charge in [0.25, 0.3) is 0 Å². The van der Waals surface area contributed by atoms with E-state index in [4.69, 9.17) is 9.47 Å². The first kappa shape index (κ1) is 22.9. The van der Waals surface area contributed by atoms with Crippen molar-refractivity contribution in [1.29, 1.82) is 0 Å². The lowest BCUT2D eigenvalue weighted by Gasteiger charge is -2.38. The Hall–Kier alpha value is -2.74. The largest absolute Gasteiger partial charge is 0.462 e. The van der Waals surface area contributed by atoms with Crippen LogP contribution in [-0.4, -0.2) is 0 Å². The van der Waals surface area contributed by atoms with Crippen LogP contribution in [-0.2, 0) is 15.6 Å². The molecule has 164 valence electrons. The van der Waals surface area contributed by atoms with Crippen molar-refractivity contribution in [2.24, 2.45) is 5.41 Å².